The molecule has 2 aromatic heterocycles. The fourth-order valence-electron chi connectivity index (χ4n) is 2.90. The van der Waals surface area contributed by atoms with Gasteiger partial charge in [0.15, 0.2) is 5.76 Å². The van der Waals surface area contributed by atoms with E-state index in [0.717, 1.165) is 22.2 Å². The molecule has 5 nitrogen and oxygen atoms in total. The molecule has 0 aliphatic rings. The van der Waals surface area contributed by atoms with E-state index in [1.165, 1.54) is 0 Å². The topological polar surface area (TPSA) is 70.9 Å². The van der Waals surface area contributed by atoms with Crippen LogP contribution in [-0.4, -0.2) is 15.9 Å². The van der Waals surface area contributed by atoms with Gasteiger partial charge in [0.2, 0.25) is 0 Å². The summed E-state index contributed by atoms with van der Waals surface area (Å²) in [6.07, 6.45) is 1.66. The van der Waals surface area contributed by atoms with Crippen molar-refractivity contribution in [2.75, 3.05) is 0 Å². The second-order valence-corrected chi connectivity index (χ2v) is 5.91. The smallest absolute Gasteiger partial charge is 0.287 e. The lowest BCUT2D eigenvalue weighted by molar-refractivity contribution is 0.0913. The number of aryl methyl sites for hydroxylation is 1. The molecular formula is C20H17N3O2. The van der Waals surface area contributed by atoms with Gasteiger partial charge in [-0.1, -0.05) is 36.4 Å². The van der Waals surface area contributed by atoms with Gasteiger partial charge in [-0.15, -0.1) is 0 Å². The Morgan fingerprint density at radius 3 is 2.68 bits per heavy atom. The molecule has 0 saturated heterocycles. The van der Waals surface area contributed by atoms with Gasteiger partial charge in [0.05, 0.1) is 23.4 Å². The average molecular weight is 331 g/mol. The minimum absolute atomic E-state index is 0.244. The molecule has 4 rings (SSSR count). The lowest BCUT2D eigenvalue weighted by Gasteiger charge is -2.19. The second-order valence-electron chi connectivity index (χ2n) is 5.91. The number of amides is 1. The van der Waals surface area contributed by atoms with Gasteiger partial charge >= 0.3 is 0 Å². The van der Waals surface area contributed by atoms with E-state index in [1.54, 1.807) is 18.5 Å². The van der Waals surface area contributed by atoms with E-state index in [9.17, 15) is 4.79 Å². The van der Waals surface area contributed by atoms with E-state index in [0.29, 0.717) is 11.5 Å². The molecule has 0 radical (unpaired) electrons. The summed E-state index contributed by atoms with van der Waals surface area (Å²) in [5.74, 6) is 0.771. The molecule has 4 aromatic rings. The van der Waals surface area contributed by atoms with Crippen LogP contribution < -0.4 is 5.32 Å². The van der Waals surface area contributed by atoms with E-state index < -0.39 is 0 Å². The van der Waals surface area contributed by atoms with Crippen LogP contribution in [0.4, 0.5) is 0 Å². The Morgan fingerprint density at radius 1 is 1.08 bits per heavy atom. The molecule has 2 aromatic carbocycles. The Bertz CT molecular complexity index is 1020. The molecule has 2 N–H and O–H groups in total. The number of aromatic amines is 1. The van der Waals surface area contributed by atoms with E-state index in [1.807, 2.05) is 55.5 Å². The molecule has 1 atom stereocenters. The summed E-state index contributed by atoms with van der Waals surface area (Å²) in [6.45, 7) is 1.82. The van der Waals surface area contributed by atoms with E-state index in [2.05, 4.69) is 15.3 Å². The molecule has 1 unspecified atom stereocenters. The first kappa shape index (κ1) is 15.2. The molecule has 25 heavy (non-hydrogen) atoms. The van der Waals surface area contributed by atoms with Crippen LogP contribution >= 0.6 is 0 Å². The third-order valence-electron chi connectivity index (χ3n) is 4.15. The number of imidazole rings is 1. The number of nitrogens with one attached hydrogen (secondary N) is 2. The average Bonchev–Trinajstić information content (AvgIpc) is 3.28. The van der Waals surface area contributed by atoms with Crippen molar-refractivity contribution in [3.8, 4) is 0 Å². The number of carbonyl (C=O) groups is 1. The van der Waals surface area contributed by atoms with Gasteiger partial charge in [-0.05, 0) is 42.3 Å². The van der Waals surface area contributed by atoms with Crippen LogP contribution in [0.3, 0.4) is 0 Å². The fourth-order valence-corrected chi connectivity index (χ4v) is 2.90. The standard InChI is InChI=1S/C20H17N3O2/c1-13-7-10-18(25-13)20(24)23-19(14-5-3-2-4-6-14)15-8-9-16-17(11-15)22-12-21-16/h2-12,19H,1H3,(H,21,22)(H,23,24). The molecule has 0 aliphatic heterocycles. The van der Waals surface area contributed by atoms with Gasteiger partial charge in [0.1, 0.15) is 5.76 Å². The number of aromatic nitrogens is 2. The molecule has 2 heterocycles. The molecule has 0 bridgehead atoms. The highest BCUT2D eigenvalue weighted by atomic mass is 16.3. The van der Waals surface area contributed by atoms with Gasteiger partial charge in [0.25, 0.3) is 5.91 Å². The molecule has 0 saturated carbocycles. The fraction of sp³-hybridized carbons (Fsp3) is 0.100. The van der Waals surface area contributed by atoms with E-state index in [4.69, 9.17) is 4.42 Å². The Hall–Kier alpha value is -3.34. The van der Waals surface area contributed by atoms with Crippen molar-refractivity contribution in [1.29, 1.82) is 0 Å². The summed E-state index contributed by atoms with van der Waals surface area (Å²) in [6, 6.07) is 19.0. The van der Waals surface area contributed by atoms with Gasteiger partial charge in [-0.2, -0.15) is 0 Å². The first-order valence-corrected chi connectivity index (χ1v) is 8.06. The van der Waals surface area contributed by atoms with Crippen LogP contribution in [0, 0.1) is 6.92 Å². The highest BCUT2D eigenvalue weighted by molar-refractivity contribution is 5.92. The summed E-state index contributed by atoms with van der Waals surface area (Å²) in [5.41, 5.74) is 3.79. The molecule has 124 valence electrons. The van der Waals surface area contributed by atoms with Crippen molar-refractivity contribution < 1.29 is 9.21 Å². The maximum atomic E-state index is 12.6. The van der Waals surface area contributed by atoms with Crippen LogP contribution in [0.2, 0.25) is 0 Å². The van der Waals surface area contributed by atoms with Crippen LogP contribution in [0.1, 0.15) is 33.5 Å². The van der Waals surface area contributed by atoms with Crippen LogP contribution in [-0.2, 0) is 0 Å². The number of hydrogen-bond acceptors (Lipinski definition) is 3. The maximum Gasteiger partial charge on any atom is 0.287 e. The summed E-state index contributed by atoms with van der Waals surface area (Å²) in [7, 11) is 0. The van der Waals surface area contributed by atoms with Crippen molar-refractivity contribution in [3.05, 3.63) is 89.6 Å². The molecular weight excluding hydrogens is 314 g/mol. The zero-order valence-corrected chi connectivity index (χ0v) is 13.7. The molecule has 0 fully saturated rings. The van der Waals surface area contributed by atoms with Crippen molar-refractivity contribution in [2.45, 2.75) is 13.0 Å². The van der Waals surface area contributed by atoms with Gasteiger partial charge < -0.3 is 14.7 Å². The summed E-state index contributed by atoms with van der Waals surface area (Å²) < 4.78 is 5.45. The SMILES string of the molecule is Cc1ccc(C(=O)NC(c2ccccc2)c2ccc3nc[nH]c3c2)o1. The Kier molecular flexibility index (Phi) is 3.82. The van der Waals surface area contributed by atoms with Crippen LogP contribution in [0.25, 0.3) is 11.0 Å². The number of furan rings is 1. The zero-order chi connectivity index (χ0) is 17.2. The zero-order valence-electron chi connectivity index (χ0n) is 13.7. The van der Waals surface area contributed by atoms with E-state index in [-0.39, 0.29) is 11.9 Å². The normalized spacial score (nSPS) is 12.2. The van der Waals surface area contributed by atoms with Crippen molar-refractivity contribution in [1.82, 2.24) is 15.3 Å². The largest absolute Gasteiger partial charge is 0.456 e. The van der Waals surface area contributed by atoms with Gasteiger partial charge in [-0.3, -0.25) is 4.79 Å². The Morgan fingerprint density at radius 2 is 1.92 bits per heavy atom. The number of fused-ring (bicyclic) bond motifs is 1. The predicted octanol–water partition coefficient (Wildman–Crippen LogP) is 3.98. The van der Waals surface area contributed by atoms with E-state index >= 15 is 0 Å². The predicted molar refractivity (Wildman–Crippen MR) is 95.3 cm³/mol. The number of carbonyl (C=O) groups excluding carboxylic acids is 1. The van der Waals surface area contributed by atoms with Crippen molar-refractivity contribution in [2.24, 2.45) is 0 Å². The first-order valence-electron chi connectivity index (χ1n) is 8.06. The van der Waals surface area contributed by atoms with Crippen LogP contribution in [0.5, 0.6) is 0 Å². The quantitative estimate of drug-likeness (QED) is 0.594. The monoisotopic (exact) mass is 331 g/mol. The third-order valence-corrected chi connectivity index (χ3v) is 4.15. The first-order chi connectivity index (χ1) is 12.2. The summed E-state index contributed by atoms with van der Waals surface area (Å²) >= 11 is 0. The summed E-state index contributed by atoms with van der Waals surface area (Å²) in [5, 5.41) is 3.07. The van der Waals surface area contributed by atoms with Crippen molar-refractivity contribution in [3.63, 3.8) is 0 Å². The molecule has 1 amide bonds. The highest BCUT2D eigenvalue weighted by Gasteiger charge is 2.20. The maximum absolute atomic E-state index is 12.6. The molecule has 5 heteroatoms. The van der Waals surface area contributed by atoms with Crippen LogP contribution in [0.15, 0.2) is 71.4 Å². The number of hydrogen-bond donors (Lipinski definition) is 2. The highest BCUT2D eigenvalue weighted by Crippen LogP contribution is 2.25. The van der Waals surface area contributed by atoms with Crippen molar-refractivity contribution >= 4 is 16.9 Å². The third kappa shape index (κ3) is 3.04. The number of nitrogens with zero attached hydrogens (tertiary/aromatic N) is 1. The lowest BCUT2D eigenvalue weighted by atomic mass is 9.98. The Labute approximate surface area is 144 Å². The number of rotatable bonds is 4. The lowest BCUT2D eigenvalue weighted by Crippen LogP contribution is -2.29. The minimum atomic E-state index is -0.285. The number of H-pyrrole nitrogens is 1. The second kappa shape index (κ2) is 6.28. The minimum Gasteiger partial charge on any atom is -0.456 e. The Balaban J connectivity index is 1.72. The number of benzene rings is 2. The molecule has 0 aliphatic carbocycles. The van der Waals surface area contributed by atoms with Gasteiger partial charge in [-0.25, -0.2) is 4.98 Å². The van der Waals surface area contributed by atoms with Gasteiger partial charge in [0, 0.05) is 0 Å². The molecule has 0 spiro atoms. The summed E-state index contributed by atoms with van der Waals surface area (Å²) in [4.78, 5) is 20.0.